The van der Waals surface area contributed by atoms with Crippen LogP contribution in [0.25, 0.3) is 0 Å². The van der Waals surface area contributed by atoms with E-state index in [1.165, 1.54) is 11.0 Å². The molecule has 0 unspecified atom stereocenters. The molecule has 0 bridgehead atoms. The van der Waals surface area contributed by atoms with Crippen molar-refractivity contribution in [3.05, 3.63) is 29.3 Å². The molecule has 0 fully saturated rings. The SMILES string of the molecule is CC(C)(C)OC(=O)N1CCOc2c(F)cc(F)cc2C1. The van der Waals surface area contributed by atoms with Gasteiger partial charge in [0.25, 0.3) is 0 Å². The van der Waals surface area contributed by atoms with Crippen molar-refractivity contribution in [1.82, 2.24) is 4.90 Å². The van der Waals surface area contributed by atoms with E-state index >= 15 is 0 Å². The predicted octanol–water partition coefficient (Wildman–Crippen LogP) is 3.09. The predicted molar refractivity (Wildman–Crippen MR) is 68.5 cm³/mol. The summed E-state index contributed by atoms with van der Waals surface area (Å²) in [6, 6.07) is 1.93. The van der Waals surface area contributed by atoms with Crippen LogP contribution in [0.2, 0.25) is 0 Å². The lowest BCUT2D eigenvalue weighted by Gasteiger charge is -2.26. The Bertz CT molecular complexity index is 526. The lowest BCUT2D eigenvalue weighted by atomic mass is 10.1. The number of fused-ring (bicyclic) bond motifs is 1. The summed E-state index contributed by atoms with van der Waals surface area (Å²) in [5, 5.41) is 0. The molecule has 1 aromatic rings. The first-order chi connectivity index (χ1) is 9.26. The molecule has 0 aliphatic carbocycles. The Hall–Kier alpha value is -1.85. The molecule has 4 nitrogen and oxygen atoms in total. The Morgan fingerprint density at radius 3 is 2.70 bits per heavy atom. The Morgan fingerprint density at radius 2 is 2.05 bits per heavy atom. The van der Waals surface area contributed by atoms with E-state index in [1.807, 2.05) is 0 Å². The van der Waals surface area contributed by atoms with Crippen LogP contribution in [0.4, 0.5) is 13.6 Å². The summed E-state index contributed by atoms with van der Waals surface area (Å²) in [5.74, 6) is -1.46. The lowest BCUT2D eigenvalue weighted by molar-refractivity contribution is 0.0225. The summed E-state index contributed by atoms with van der Waals surface area (Å²) in [6.07, 6.45) is -0.529. The number of amides is 1. The van der Waals surface area contributed by atoms with Crippen molar-refractivity contribution < 1.29 is 23.0 Å². The summed E-state index contributed by atoms with van der Waals surface area (Å²) >= 11 is 0. The van der Waals surface area contributed by atoms with Gasteiger partial charge in [-0.25, -0.2) is 13.6 Å². The molecular weight excluding hydrogens is 268 g/mol. The largest absolute Gasteiger partial charge is 0.488 e. The van der Waals surface area contributed by atoms with Gasteiger partial charge in [0.2, 0.25) is 0 Å². The second-order valence-corrected chi connectivity index (χ2v) is 5.63. The molecule has 1 aliphatic rings. The van der Waals surface area contributed by atoms with Gasteiger partial charge in [0.05, 0.1) is 13.1 Å². The van der Waals surface area contributed by atoms with Crippen LogP contribution in [-0.4, -0.2) is 29.7 Å². The molecule has 1 heterocycles. The first-order valence-electron chi connectivity index (χ1n) is 6.35. The normalized spacial score (nSPS) is 15.2. The fraction of sp³-hybridized carbons (Fsp3) is 0.500. The molecule has 0 saturated heterocycles. The molecule has 20 heavy (non-hydrogen) atoms. The van der Waals surface area contributed by atoms with E-state index in [1.54, 1.807) is 20.8 Å². The van der Waals surface area contributed by atoms with E-state index in [9.17, 15) is 13.6 Å². The molecular formula is C14H17F2NO3. The van der Waals surface area contributed by atoms with Gasteiger partial charge in [-0.2, -0.15) is 0 Å². The average Bonchev–Trinajstić information content (AvgIpc) is 2.48. The first-order valence-corrected chi connectivity index (χ1v) is 6.35. The average molecular weight is 285 g/mol. The molecule has 6 heteroatoms. The smallest absolute Gasteiger partial charge is 0.410 e. The van der Waals surface area contributed by atoms with Crippen molar-refractivity contribution in [1.29, 1.82) is 0 Å². The quantitative estimate of drug-likeness (QED) is 0.735. The molecule has 0 atom stereocenters. The summed E-state index contributed by atoms with van der Waals surface area (Å²) < 4.78 is 37.4. The van der Waals surface area contributed by atoms with Crippen molar-refractivity contribution in [3.8, 4) is 5.75 Å². The van der Waals surface area contributed by atoms with E-state index in [2.05, 4.69) is 0 Å². The molecule has 0 saturated carbocycles. The van der Waals surface area contributed by atoms with Gasteiger partial charge >= 0.3 is 6.09 Å². The number of benzene rings is 1. The second-order valence-electron chi connectivity index (χ2n) is 5.63. The van der Waals surface area contributed by atoms with Crippen LogP contribution in [0.1, 0.15) is 26.3 Å². The van der Waals surface area contributed by atoms with Crippen LogP contribution < -0.4 is 4.74 Å². The zero-order chi connectivity index (χ0) is 14.9. The van der Waals surface area contributed by atoms with Crippen molar-refractivity contribution >= 4 is 6.09 Å². The Morgan fingerprint density at radius 1 is 1.35 bits per heavy atom. The molecule has 1 aromatic carbocycles. The maximum atomic E-state index is 13.6. The van der Waals surface area contributed by atoms with Crippen molar-refractivity contribution in [2.45, 2.75) is 32.9 Å². The summed E-state index contributed by atoms with van der Waals surface area (Å²) in [6.45, 7) is 5.71. The van der Waals surface area contributed by atoms with Crippen LogP contribution in [0.3, 0.4) is 0 Å². The van der Waals surface area contributed by atoms with Crippen molar-refractivity contribution in [2.75, 3.05) is 13.2 Å². The number of halogens is 2. The Kier molecular flexibility index (Phi) is 3.83. The number of carbonyl (C=O) groups excluding carboxylic acids is 1. The highest BCUT2D eigenvalue weighted by molar-refractivity contribution is 5.68. The molecule has 0 aromatic heterocycles. The molecule has 1 amide bonds. The summed E-state index contributed by atoms with van der Waals surface area (Å²) in [7, 11) is 0. The molecule has 0 radical (unpaired) electrons. The fourth-order valence-electron chi connectivity index (χ4n) is 1.92. The standard InChI is InChI=1S/C14H17F2NO3/c1-14(2,3)20-13(18)17-4-5-19-12-9(8-17)6-10(15)7-11(12)16/h6-7H,4-5,8H2,1-3H3. The van der Waals surface area contributed by atoms with Gasteiger partial charge in [-0.3, -0.25) is 0 Å². The van der Waals surface area contributed by atoms with Gasteiger partial charge in [-0.1, -0.05) is 0 Å². The zero-order valence-corrected chi connectivity index (χ0v) is 11.7. The minimum absolute atomic E-state index is 0.00235. The third-order valence-electron chi connectivity index (χ3n) is 2.71. The Labute approximate surface area is 116 Å². The number of carbonyl (C=O) groups is 1. The highest BCUT2D eigenvalue weighted by atomic mass is 19.1. The van der Waals surface area contributed by atoms with Crippen LogP contribution in [0.15, 0.2) is 12.1 Å². The minimum Gasteiger partial charge on any atom is -0.488 e. The number of rotatable bonds is 0. The van der Waals surface area contributed by atoms with Gasteiger partial charge in [-0.15, -0.1) is 0 Å². The number of ether oxygens (including phenoxy) is 2. The van der Waals surface area contributed by atoms with E-state index in [0.717, 1.165) is 6.07 Å². The van der Waals surface area contributed by atoms with Crippen molar-refractivity contribution in [3.63, 3.8) is 0 Å². The van der Waals surface area contributed by atoms with E-state index in [0.29, 0.717) is 5.56 Å². The molecule has 0 N–H and O–H groups in total. The highest BCUT2D eigenvalue weighted by Crippen LogP contribution is 2.28. The zero-order valence-electron chi connectivity index (χ0n) is 11.7. The maximum absolute atomic E-state index is 13.6. The van der Waals surface area contributed by atoms with Gasteiger partial charge in [0.15, 0.2) is 11.6 Å². The van der Waals surface area contributed by atoms with Gasteiger partial charge < -0.3 is 14.4 Å². The monoisotopic (exact) mass is 285 g/mol. The third-order valence-corrected chi connectivity index (χ3v) is 2.71. The van der Waals surface area contributed by atoms with Crippen LogP contribution >= 0.6 is 0 Å². The fourth-order valence-corrected chi connectivity index (χ4v) is 1.92. The molecule has 2 rings (SSSR count). The van der Waals surface area contributed by atoms with Crippen molar-refractivity contribution in [2.24, 2.45) is 0 Å². The van der Waals surface area contributed by atoms with E-state index < -0.39 is 23.3 Å². The number of nitrogens with zero attached hydrogens (tertiary/aromatic N) is 1. The topological polar surface area (TPSA) is 38.8 Å². The van der Waals surface area contributed by atoms with Gasteiger partial charge in [-0.05, 0) is 26.8 Å². The van der Waals surface area contributed by atoms with E-state index in [4.69, 9.17) is 9.47 Å². The van der Waals surface area contributed by atoms with Crippen LogP contribution in [-0.2, 0) is 11.3 Å². The summed E-state index contributed by atoms with van der Waals surface area (Å²) in [5.41, 5.74) is -0.328. The van der Waals surface area contributed by atoms with Gasteiger partial charge in [0, 0.05) is 11.6 Å². The lowest BCUT2D eigenvalue weighted by Crippen LogP contribution is -2.37. The second kappa shape index (κ2) is 5.26. The van der Waals surface area contributed by atoms with Gasteiger partial charge in [0.1, 0.15) is 18.0 Å². The number of hydrogen-bond donors (Lipinski definition) is 0. The number of hydrogen-bond acceptors (Lipinski definition) is 3. The highest BCUT2D eigenvalue weighted by Gasteiger charge is 2.26. The minimum atomic E-state index is -0.758. The van der Waals surface area contributed by atoms with E-state index in [-0.39, 0.29) is 25.4 Å². The summed E-state index contributed by atoms with van der Waals surface area (Å²) in [4.78, 5) is 13.4. The van der Waals surface area contributed by atoms with Crippen LogP contribution in [0.5, 0.6) is 5.75 Å². The maximum Gasteiger partial charge on any atom is 0.410 e. The molecule has 0 spiro atoms. The Balaban J connectivity index is 2.22. The third kappa shape index (κ3) is 3.37. The first kappa shape index (κ1) is 14.6. The molecule has 110 valence electrons. The van der Waals surface area contributed by atoms with Crippen LogP contribution in [0, 0.1) is 11.6 Å². The molecule has 1 aliphatic heterocycles.